The first-order valence-corrected chi connectivity index (χ1v) is 3.51. The Labute approximate surface area is 57.5 Å². The van der Waals surface area contributed by atoms with Gasteiger partial charge in [0.15, 0.2) is 0 Å². The van der Waals surface area contributed by atoms with Gasteiger partial charge in [-0.05, 0) is 12.3 Å². The molecule has 0 aliphatic carbocycles. The molecular weight excluding hydrogens is 112 g/mol. The maximum atomic E-state index is 10.1. The van der Waals surface area contributed by atoms with Crippen LogP contribution >= 0.6 is 0 Å². The van der Waals surface area contributed by atoms with Crippen LogP contribution < -0.4 is 0 Å². The molecule has 0 bridgehead atoms. The lowest BCUT2D eigenvalue weighted by molar-refractivity contribution is -0.110. The van der Waals surface area contributed by atoms with Crippen LogP contribution in [0.3, 0.4) is 0 Å². The first-order valence-electron chi connectivity index (χ1n) is 3.51. The predicted octanol–water partition coefficient (Wildman–Crippen LogP) is 2.07. The van der Waals surface area contributed by atoms with Gasteiger partial charge in [-0.25, -0.2) is 0 Å². The molecule has 1 heteroatoms. The van der Waals surface area contributed by atoms with Gasteiger partial charge in [0, 0.05) is 5.92 Å². The number of aldehydes is 1. The highest BCUT2D eigenvalue weighted by Crippen LogP contribution is 2.10. The molecule has 0 amide bonds. The molecular formula is C8H15O. The molecule has 53 valence electrons. The van der Waals surface area contributed by atoms with E-state index in [-0.39, 0.29) is 5.92 Å². The van der Waals surface area contributed by atoms with Crippen LogP contribution in [0.4, 0.5) is 0 Å². The zero-order valence-electron chi connectivity index (χ0n) is 6.42. The average molecular weight is 127 g/mol. The number of carbonyl (C=O) groups excluding carboxylic acids is 1. The van der Waals surface area contributed by atoms with Gasteiger partial charge in [0.05, 0.1) is 0 Å². The van der Waals surface area contributed by atoms with Crippen LogP contribution in [0, 0.1) is 18.3 Å². The van der Waals surface area contributed by atoms with Gasteiger partial charge < -0.3 is 4.79 Å². The molecule has 2 atom stereocenters. The average Bonchev–Trinajstić information content (AvgIpc) is 1.87. The highest BCUT2D eigenvalue weighted by Gasteiger charge is 2.04. The number of hydrogen-bond acceptors (Lipinski definition) is 1. The van der Waals surface area contributed by atoms with Crippen LogP contribution in [0.1, 0.15) is 27.2 Å². The van der Waals surface area contributed by atoms with E-state index in [4.69, 9.17) is 0 Å². The Morgan fingerprint density at radius 3 is 2.33 bits per heavy atom. The highest BCUT2D eigenvalue weighted by atomic mass is 16.1. The van der Waals surface area contributed by atoms with E-state index < -0.39 is 0 Å². The van der Waals surface area contributed by atoms with Crippen LogP contribution in [-0.4, -0.2) is 6.29 Å². The van der Waals surface area contributed by atoms with Crippen molar-refractivity contribution in [2.75, 3.05) is 0 Å². The van der Waals surface area contributed by atoms with Crippen molar-refractivity contribution in [1.29, 1.82) is 0 Å². The Morgan fingerprint density at radius 1 is 1.44 bits per heavy atom. The van der Waals surface area contributed by atoms with Crippen LogP contribution in [0.25, 0.3) is 0 Å². The van der Waals surface area contributed by atoms with Gasteiger partial charge in [-0.3, -0.25) is 0 Å². The van der Waals surface area contributed by atoms with Crippen LogP contribution in [-0.2, 0) is 4.79 Å². The first kappa shape index (κ1) is 8.67. The zero-order valence-corrected chi connectivity index (χ0v) is 6.42. The van der Waals surface area contributed by atoms with E-state index in [0.717, 1.165) is 12.7 Å². The lowest BCUT2D eigenvalue weighted by Gasteiger charge is -2.08. The normalized spacial score (nSPS) is 16.8. The summed E-state index contributed by atoms with van der Waals surface area (Å²) in [5.74, 6) is 0.699. The summed E-state index contributed by atoms with van der Waals surface area (Å²) in [7, 11) is 0. The van der Waals surface area contributed by atoms with Gasteiger partial charge in [0.1, 0.15) is 6.29 Å². The SMILES string of the molecule is CCC(C)[CH]C(C)C=O. The van der Waals surface area contributed by atoms with Gasteiger partial charge in [-0.1, -0.05) is 27.2 Å². The van der Waals surface area contributed by atoms with Gasteiger partial charge in [-0.15, -0.1) is 0 Å². The fourth-order valence-electron chi connectivity index (χ4n) is 0.700. The van der Waals surface area contributed by atoms with Gasteiger partial charge in [-0.2, -0.15) is 0 Å². The molecule has 0 saturated heterocycles. The molecule has 0 aliphatic heterocycles. The van der Waals surface area contributed by atoms with E-state index >= 15 is 0 Å². The number of rotatable bonds is 4. The standard InChI is InChI=1S/C8H15O/c1-4-7(2)5-8(3)6-9/h5-8H,4H2,1-3H3. The monoisotopic (exact) mass is 127 g/mol. The van der Waals surface area contributed by atoms with Gasteiger partial charge in [0.25, 0.3) is 0 Å². The largest absolute Gasteiger partial charge is 0.303 e. The van der Waals surface area contributed by atoms with Crippen molar-refractivity contribution < 1.29 is 4.79 Å². The molecule has 0 aromatic carbocycles. The predicted molar refractivity (Wildman–Crippen MR) is 39.0 cm³/mol. The van der Waals surface area contributed by atoms with Crippen LogP contribution in [0.2, 0.25) is 0 Å². The van der Waals surface area contributed by atoms with Crippen molar-refractivity contribution in [2.24, 2.45) is 11.8 Å². The quantitative estimate of drug-likeness (QED) is 0.528. The molecule has 9 heavy (non-hydrogen) atoms. The smallest absolute Gasteiger partial charge is 0.123 e. The van der Waals surface area contributed by atoms with E-state index in [9.17, 15) is 4.79 Å². The van der Waals surface area contributed by atoms with Crippen LogP contribution in [0.5, 0.6) is 0 Å². The number of hydrogen-bond donors (Lipinski definition) is 0. The Bertz CT molecular complexity index is 78.6. The molecule has 2 unspecified atom stereocenters. The molecule has 1 radical (unpaired) electrons. The highest BCUT2D eigenvalue weighted by molar-refractivity contribution is 5.54. The van der Waals surface area contributed by atoms with Gasteiger partial charge >= 0.3 is 0 Å². The van der Waals surface area contributed by atoms with E-state index in [2.05, 4.69) is 20.3 Å². The second kappa shape index (κ2) is 4.54. The molecule has 1 nitrogen and oxygen atoms in total. The van der Waals surface area contributed by atoms with E-state index in [1.807, 2.05) is 6.92 Å². The lowest BCUT2D eigenvalue weighted by atomic mass is 9.97. The molecule has 0 N–H and O–H groups in total. The second-order valence-electron chi connectivity index (χ2n) is 2.57. The Balaban J connectivity index is 3.33. The molecule has 0 spiro atoms. The summed E-state index contributed by atoms with van der Waals surface area (Å²) in [5.41, 5.74) is 0. The molecule has 0 aromatic rings. The zero-order chi connectivity index (χ0) is 7.28. The Morgan fingerprint density at radius 2 is 2.00 bits per heavy atom. The maximum Gasteiger partial charge on any atom is 0.123 e. The minimum absolute atomic E-state index is 0.125. The van der Waals surface area contributed by atoms with E-state index in [1.165, 1.54) is 0 Å². The van der Waals surface area contributed by atoms with E-state index in [1.54, 1.807) is 0 Å². The fourth-order valence-corrected chi connectivity index (χ4v) is 0.700. The van der Waals surface area contributed by atoms with Crippen molar-refractivity contribution in [2.45, 2.75) is 27.2 Å². The summed E-state index contributed by atoms with van der Waals surface area (Å²) in [6.07, 6.45) is 4.18. The minimum atomic E-state index is 0.125. The first-order chi connectivity index (χ1) is 4.20. The maximum absolute atomic E-state index is 10.1. The fraction of sp³-hybridized carbons (Fsp3) is 0.750. The Hall–Kier alpha value is -0.330. The summed E-state index contributed by atoms with van der Waals surface area (Å²) in [5, 5.41) is 0. The van der Waals surface area contributed by atoms with Crippen molar-refractivity contribution in [3.05, 3.63) is 6.42 Å². The molecule has 0 rings (SSSR count). The van der Waals surface area contributed by atoms with Crippen LogP contribution in [0.15, 0.2) is 0 Å². The number of carbonyl (C=O) groups is 1. The van der Waals surface area contributed by atoms with Crippen molar-refractivity contribution in [1.82, 2.24) is 0 Å². The topological polar surface area (TPSA) is 17.1 Å². The molecule has 0 aromatic heterocycles. The molecule has 0 saturated carbocycles. The summed E-state index contributed by atoms with van der Waals surface area (Å²) < 4.78 is 0. The third-order valence-corrected chi connectivity index (χ3v) is 1.49. The molecule has 0 fully saturated rings. The third kappa shape index (κ3) is 4.19. The Kier molecular flexibility index (Phi) is 4.37. The summed E-state index contributed by atoms with van der Waals surface area (Å²) >= 11 is 0. The minimum Gasteiger partial charge on any atom is -0.303 e. The van der Waals surface area contributed by atoms with Crippen molar-refractivity contribution in [3.63, 3.8) is 0 Å². The lowest BCUT2D eigenvalue weighted by Crippen LogP contribution is -2.03. The van der Waals surface area contributed by atoms with E-state index in [0.29, 0.717) is 5.92 Å². The molecule has 0 heterocycles. The third-order valence-electron chi connectivity index (χ3n) is 1.49. The van der Waals surface area contributed by atoms with Crippen molar-refractivity contribution >= 4 is 6.29 Å². The summed E-state index contributed by atoms with van der Waals surface area (Å²) in [4.78, 5) is 10.1. The summed E-state index contributed by atoms with van der Waals surface area (Å²) in [6, 6.07) is 0. The second-order valence-corrected chi connectivity index (χ2v) is 2.57. The van der Waals surface area contributed by atoms with Gasteiger partial charge in [0.2, 0.25) is 0 Å². The summed E-state index contributed by atoms with van der Waals surface area (Å²) in [6.45, 7) is 6.16. The van der Waals surface area contributed by atoms with Crippen molar-refractivity contribution in [3.8, 4) is 0 Å². The molecule has 0 aliphatic rings.